The molecule has 142 valence electrons. The van der Waals surface area contributed by atoms with Gasteiger partial charge in [0.1, 0.15) is 30.2 Å². The number of nitrogens with two attached hydrogens (primary N) is 1. The average molecular weight is 389 g/mol. The second-order valence-electron chi connectivity index (χ2n) is 5.66. The number of imidazole rings is 1. The van der Waals surface area contributed by atoms with Crippen LogP contribution >= 0.6 is 7.82 Å². The van der Waals surface area contributed by atoms with E-state index in [0.29, 0.717) is 11.2 Å². The Bertz CT molecular complexity index is 857. The molecule has 5 atom stereocenters. The minimum Gasteiger partial charge on any atom is -0.382 e. The fraction of sp³-hybridized carbons (Fsp3) is 0.583. The highest BCUT2D eigenvalue weighted by atomic mass is 31.2. The molecule has 2 fully saturated rings. The van der Waals surface area contributed by atoms with Crippen molar-refractivity contribution in [2.45, 2.75) is 31.0 Å². The number of anilines is 1. The van der Waals surface area contributed by atoms with Crippen molar-refractivity contribution in [1.82, 2.24) is 19.5 Å². The first-order valence-electron chi connectivity index (χ1n) is 7.49. The van der Waals surface area contributed by atoms with E-state index in [0.717, 1.165) is 0 Å². The van der Waals surface area contributed by atoms with E-state index < -0.39 is 45.4 Å². The summed E-state index contributed by atoms with van der Waals surface area (Å²) in [6, 6.07) is 0. The number of methoxy groups -OCH3 is 1. The molecule has 0 amide bonds. The van der Waals surface area contributed by atoms with Crippen LogP contribution in [0.1, 0.15) is 6.23 Å². The van der Waals surface area contributed by atoms with Gasteiger partial charge in [-0.1, -0.05) is 0 Å². The van der Waals surface area contributed by atoms with Crippen LogP contribution in [0.2, 0.25) is 0 Å². The molecule has 0 saturated carbocycles. The fourth-order valence-corrected chi connectivity index (χ4v) is 3.34. The Morgan fingerprint density at radius 1 is 1.27 bits per heavy atom. The Labute approximate surface area is 146 Å². The fourth-order valence-electron chi connectivity index (χ4n) is 3.00. The molecule has 4 heterocycles. The van der Waals surface area contributed by atoms with E-state index in [4.69, 9.17) is 34.5 Å². The van der Waals surface area contributed by atoms with Gasteiger partial charge in [-0.3, -0.25) is 9.09 Å². The average Bonchev–Trinajstić information content (AvgIpc) is 3.25. The van der Waals surface area contributed by atoms with Crippen molar-refractivity contribution in [2.75, 3.05) is 19.5 Å². The van der Waals surface area contributed by atoms with Gasteiger partial charge in [-0.25, -0.2) is 19.5 Å². The summed E-state index contributed by atoms with van der Waals surface area (Å²) in [5.74, 6) is 0.211. The van der Waals surface area contributed by atoms with Crippen LogP contribution in [-0.4, -0.2) is 67.8 Å². The number of nitrogens with zero attached hydrogens (tertiary/aromatic N) is 4. The zero-order valence-electron chi connectivity index (χ0n) is 13.4. The lowest BCUT2D eigenvalue weighted by atomic mass is 10.1. The van der Waals surface area contributed by atoms with Crippen LogP contribution in [0.25, 0.3) is 11.2 Å². The molecular weight excluding hydrogens is 373 g/mol. The van der Waals surface area contributed by atoms with E-state index >= 15 is 0 Å². The number of fused-ring (bicyclic) bond motifs is 2. The van der Waals surface area contributed by atoms with Gasteiger partial charge in [0.2, 0.25) is 0 Å². The van der Waals surface area contributed by atoms with Gasteiger partial charge >= 0.3 is 7.82 Å². The minimum absolute atomic E-state index is 0.211. The number of hydrogen-bond acceptors (Lipinski definition) is 10. The third kappa shape index (κ3) is 3.08. The van der Waals surface area contributed by atoms with Gasteiger partial charge in [0.05, 0.1) is 12.9 Å². The summed E-state index contributed by atoms with van der Waals surface area (Å²) >= 11 is 0. The number of nitrogen functional groups attached to an aromatic ring is 1. The molecule has 2 aliphatic rings. The highest BCUT2D eigenvalue weighted by Crippen LogP contribution is 2.43. The number of hydrogen-bond donors (Lipinski definition) is 3. The van der Waals surface area contributed by atoms with Gasteiger partial charge in [0.25, 0.3) is 6.48 Å². The monoisotopic (exact) mass is 389 g/mol. The van der Waals surface area contributed by atoms with Crippen molar-refractivity contribution >= 4 is 24.8 Å². The molecule has 0 aliphatic carbocycles. The highest BCUT2D eigenvalue weighted by Gasteiger charge is 2.54. The molecule has 2 aliphatic heterocycles. The molecule has 0 radical (unpaired) electrons. The molecule has 1 unspecified atom stereocenters. The smallest absolute Gasteiger partial charge is 0.382 e. The number of aromatic nitrogens is 4. The number of phosphoric ester groups is 1. The maximum absolute atomic E-state index is 11.0. The lowest BCUT2D eigenvalue weighted by Crippen LogP contribution is -2.31. The quantitative estimate of drug-likeness (QED) is 0.540. The Morgan fingerprint density at radius 3 is 2.77 bits per heavy atom. The molecule has 0 bridgehead atoms. The van der Waals surface area contributed by atoms with Crippen molar-refractivity contribution in [2.24, 2.45) is 0 Å². The Balaban J connectivity index is 1.65. The second-order valence-corrected chi connectivity index (χ2v) is 6.90. The molecule has 26 heavy (non-hydrogen) atoms. The molecule has 2 saturated heterocycles. The lowest BCUT2D eigenvalue weighted by Gasteiger charge is -2.20. The van der Waals surface area contributed by atoms with E-state index in [-0.39, 0.29) is 5.82 Å². The standard InChI is InChI=1S/C12H16N5O8P/c1-21-12-24-7-5(2-22-26(18,19)20)23-11(8(7)25-12)17-4-16-6-9(13)14-3-15-10(6)17/h3-5,7-8,11-12H,2H2,1H3,(H2,13,14,15)(H2,18,19,20)/t5-,7-,8-,11-,12?/m1/s1. The van der Waals surface area contributed by atoms with E-state index in [1.165, 1.54) is 19.8 Å². The summed E-state index contributed by atoms with van der Waals surface area (Å²) in [5, 5.41) is 0. The van der Waals surface area contributed by atoms with Crippen LogP contribution in [0, 0.1) is 0 Å². The first kappa shape index (κ1) is 17.7. The lowest BCUT2D eigenvalue weighted by molar-refractivity contribution is -0.256. The van der Waals surface area contributed by atoms with E-state index in [9.17, 15) is 4.57 Å². The van der Waals surface area contributed by atoms with Crippen LogP contribution in [0.3, 0.4) is 0 Å². The van der Waals surface area contributed by atoms with Crippen molar-refractivity contribution in [3.8, 4) is 0 Å². The molecular formula is C12H16N5O8P. The van der Waals surface area contributed by atoms with Crippen LogP contribution in [-0.2, 0) is 28.0 Å². The van der Waals surface area contributed by atoms with Gasteiger partial charge in [0, 0.05) is 7.11 Å². The largest absolute Gasteiger partial charge is 0.469 e. The zero-order chi connectivity index (χ0) is 18.5. The topological polar surface area (TPSA) is 173 Å². The van der Waals surface area contributed by atoms with Crippen molar-refractivity contribution in [3.05, 3.63) is 12.7 Å². The summed E-state index contributed by atoms with van der Waals surface area (Å²) < 4.78 is 39.3. The number of phosphoric acid groups is 1. The van der Waals surface area contributed by atoms with Crippen molar-refractivity contribution in [3.63, 3.8) is 0 Å². The van der Waals surface area contributed by atoms with Crippen LogP contribution < -0.4 is 5.73 Å². The third-order valence-corrected chi connectivity index (χ3v) is 4.57. The summed E-state index contributed by atoms with van der Waals surface area (Å²) in [6.07, 6.45) is -0.111. The Kier molecular flexibility index (Phi) is 4.41. The van der Waals surface area contributed by atoms with Crippen molar-refractivity contribution < 1.29 is 37.8 Å². The minimum atomic E-state index is -4.67. The van der Waals surface area contributed by atoms with Crippen molar-refractivity contribution in [1.29, 1.82) is 0 Å². The van der Waals surface area contributed by atoms with E-state index in [2.05, 4.69) is 19.5 Å². The maximum atomic E-state index is 11.0. The Hall–Kier alpha value is -1.70. The second kappa shape index (κ2) is 6.48. The van der Waals surface area contributed by atoms with E-state index in [1.54, 1.807) is 4.57 Å². The molecule has 2 aromatic heterocycles. The van der Waals surface area contributed by atoms with E-state index in [1.807, 2.05) is 0 Å². The SMILES string of the molecule is COC1O[C@@H]2[C@H](O1)[C@@H](COP(=O)(O)O)O[C@H]2n1cnc2c(N)ncnc21. The summed E-state index contributed by atoms with van der Waals surface area (Å²) in [7, 11) is -3.26. The summed E-state index contributed by atoms with van der Waals surface area (Å²) in [4.78, 5) is 30.1. The summed E-state index contributed by atoms with van der Waals surface area (Å²) in [6.45, 7) is -1.34. The molecule has 4 rings (SSSR count). The van der Waals surface area contributed by atoms with Gasteiger partial charge in [0.15, 0.2) is 17.7 Å². The van der Waals surface area contributed by atoms with Crippen LogP contribution in [0.15, 0.2) is 12.7 Å². The van der Waals surface area contributed by atoms with Gasteiger partial charge in [-0.2, -0.15) is 0 Å². The zero-order valence-corrected chi connectivity index (χ0v) is 14.3. The molecule has 4 N–H and O–H groups in total. The molecule has 13 nitrogen and oxygen atoms in total. The van der Waals surface area contributed by atoms with Crippen LogP contribution in [0.4, 0.5) is 5.82 Å². The van der Waals surface area contributed by atoms with Gasteiger partial charge in [-0.15, -0.1) is 0 Å². The van der Waals surface area contributed by atoms with Crippen LogP contribution in [0.5, 0.6) is 0 Å². The normalized spacial score (nSPS) is 31.6. The maximum Gasteiger partial charge on any atom is 0.469 e. The molecule has 14 heteroatoms. The molecule has 0 spiro atoms. The first-order valence-corrected chi connectivity index (χ1v) is 9.02. The third-order valence-electron chi connectivity index (χ3n) is 4.08. The van der Waals surface area contributed by atoms with Gasteiger partial charge < -0.3 is 34.5 Å². The van der Waals surface area contributed by atoms with Gasteiger partial charge in [-0.05, 0) is 0 Å². The summed E-state index contributed by atoms with van der Waals surface area (Å²) in [5.41, 5.74) is 6.60. The number of ether oxygens (including phenoxy) is 4. The predicted octanol–water partition coefficient (Wildman–Crippen LogP) is -0.871. The molecule has 2 aromatic rings. The Morgan fingerprint density at radius 2 is 2.04 bits per heavy atom. The number of rotatable bonds is 5. The predicted molar refractivity (Wildman–Crippen MR) is 82.2 cm³/mol. The highest BCUT2D eigenvalue weighted by molar-refractivity contribution is 7.46. The molecule has 0 aromatic carbocycles. The first-order chi connectivity index (χ1) is 12.4.